The molecule has 3 heterocycles. The van der Waals surface area contributed by atoms with Gasteiger partial charge in [0.25, 0.3) is 0 Å². The maximum atomic E-state index is 5.88. The Bertz CT molecular complexity index is 516. The van der Waals surface area contributed by atoms with Crippen molar-refractivity contribution in [1.82, 2.24) is 14.6 Å². The molecule has 1 unspecified atom stereocenters. The van der Waals surface area contributed by atoms with Crippen LogP contribution in [0.5, 0.6) is 0 Å². The van der Waals surface area contributed by atoms with Crippen LogP contribution in [0, 0.1) is 5.92 Å². The summed E-state index contributed by atoms with van der Waals surface area (Å²) in [6.07, 6.45) is 5.51. The maximum absolute atomic E-state index is 5.88. The van der Waals surface area contributed by atoms with E-state index in [0.29, 0.717) is 5.69 Å². The number of rotatable bonds is 2. The molecular weight excluding hydrogens is 232 g/mol. The van der Waals surface area contributed by atoms with Crippen molar-refractivity contribution in [2.75, 3.05) is 17.2 Å². The van der Waals surface area contributed by atoms with E-state index in [-0.39, 0.29) is 0 Å². The first kappa shape index (κ1) is 10.9. The Balaban J connectivity index is 1.83. The van der Waals surface area contributed by atoms with Crippen LogP contribution in [0.1, 0.15) is 18.7 Å². The molecule has 3 rings (SSSR count). The molecule has 0 aromatic carbocycles. The predicted octanol–water partition coefficient (Wildman–Crippen LogP) is 2.00. The summed E-state index contributed by atoms with van der Waals surface area (Å²) in [6, 6.07) is 3.77. The number of aromatic nitrogens is 3. The lowest BCUT2D eigenvalue weighted by Crippen LogP contribution is -2.13. The largest absolute Gasteiger partial charge is 0.396 e. The SMILES string of the molecule is Nc1cccn2nc(CC3CCCSC3)nc12. The molecule has 2 aromatic rings. The fourth-order valence-electron chi connectivity index (χ4n) is 2.28. The third kappa shape index (κ3) is 2.24. The van der Waals surface area contributed by atoms with Gasteiger partial charge in [-0.3, -0.25) is 0 Å². The highest BCUT2D eigenvalue weighted by molar-refractivity contribution is 7.99. The fraction of sp³-hybridized carbons (Fsp3) is 0.500. The fourth-order valence-corrected chi connectivity index (χ4v) is 3.44. The second-order valence-electron chi connectivity index (χ2n) is 4.55. The molecule has 1 aliphatic heterocycles. The summed E-state index contributed by atoms with van der Waals surface area (Å²) >= 11 is 2.05. The number of anilines is 1. The molecule has 2 N–H and O–H groups in total. The Morgan fingerprint density at radius 2 is 2.47 bits per heavy atom. The second-order valence-corrected chi connectivity index (χ2v) is 5.70. The molecule has 1 aliphatic rings. The van der Waals surface area contributed by atoms with Gasteiger partial charge in [-0.05, 0) is 42.4 Å². The second kappa shape index (κ2) is 4.56. The van der Waals surface area contributed by atoms with Crippen molar-refractivity contribution >= 4 is 23.1 Å². The molecular formula is C12H16N4S. The summed E-state index contributed by atoms with van der Waals surface area (Å²) in [5, 5.41) is 4.48. The summed E-state index contributed by atoms with van der Waals surface area (Å²) in [5.74, 6) is 4.20. The highest BCUT2D eigenvalue weighted by Gasteiger charge is 2.17. The molecule has 4 nitrogen and oxygen atoms in total. The lowest BCUT2D eigenvalue weighted by atomic mass is 10.0. The summed E-state index contributed by atoms with van der Waals surface area (Å²) < 4.78 is 1.78. The Morgan fingerprint density at radius 3 is 3.24 bits per heavy atom. The first-order valence-electron chi connectivity index (χ1n) is 6.00. The minimum absolute atomic E-state index is 0.698. The van der Waals surface area contributed by atoms with Gasteiger partial charge in [-0.25, -0.2) is 9.50 Å². The normalized spacial score (nSPS) is 20.8. The lowest BCUT2D eigenvalue weighted by molar-refractivity contribution is 0.508. The van der Waals surface area contributed by atoms with Crippen LogP contribution >= 0.6 is 11.8 Å². The Morgan fingerprint density at radius 1 is 1.53 bits per heavy atom. The van der Waals surface area contributed by atoms with Crippen LogP contribution in [0.3, 0.4) is 0 Å². The molecule has 0 bridgehead atoms. The number of thioether (sulfide) groups is 1. The van der Waals surface area contributed by atoms with Crippen LogP contribution in [0.4, 0.5) is 5.69 Å². The molecule has 0 aliphatic carbocycles. The van der Waals surface area contributed by atoms with Crippen LogP contribution in [0.2, 0.25) is 0 Å². The first-order valence-corrected chi connectivity index (χ1v) is 7.16. The topological polar surface area (TPSA) is 56.2 Å². The smallest absolute Gasteiger partial charge is 0.178 e. The van der Waals surface area contributed by atoms with Gasteiger partial charge in [0, 0.05) is 12.6 Å². The molecule has 1 saturated heterocycles. The van der Waals surface area contributed by atoms with Crippen molar-refractivity contribution in [3.05, 3.63) is 24.2 Å². The average Bonchev–Trinajstić information content (AvgIpc) is 2.74. The molecule has 2 aromatic heterocycles. The van der Waals surface area contributed by atoms with Crippen LogP contribution in [-0.4, -0.2) is 26.1 Å². The lowest BCUT2D eigenvalue weighted by Gasteiger charge is -2.19. The van der Waals surface area contributed by atoms with Crippen molar-refractivity contribution in [3.63, 3.8) is 0 Å². The van der Waals surface area contributed by atoms with Gasteiger partial charge in [0.2, 0.25) is 0 Å². The van der Waals surface area contributed by atoms with E-state index in [9.17, 15) is 0 Å². The molecule has 90 valence electrons. The average molecular weight is 248 g/mol. The molecule has 0 spiro atoms. The molecule has 1 atom stereocenters. The van der Waals surface area contributed by atoms with E-state index in [4.69, 9.17) is 5.73 Å². The maximum Gasteiger partial charge on any atom is 0.178 e. The van der Waals surface area contributed by atoms with Crippen molar-refractivity contribution in [2.24, 2.45) is 5.92 Å². The van der Waals surface area contributed by atoms with Gasteiger partial charge in [-0.2, -0.15) is 16.9 Å². The summed E-state index contributed by atoms with van der Waals surface area (Å²) in [6.45, 7) is 0. The molecule has 0 saturated carbocycles. The zero-order valence-electron chi connectivity index (χ0n) is 9.67. The summed E-state index contributed by atoms with van der Waals surface area (Å²) in [4.78, 5) is 4.52. The quantitative estimate of drug-likeness (QED) is 0.883. The summed E-state index contributed by atoms with van der Waals surface area (Å²) in [5.41, 5.74) is 7.36. The van der Waals surface area contributed by atoms with Crippen molar-refractivity contribution < 1.29 is 0 Å². The van der Waals surface area contributed by atoms with Crippen molar-refractivity contribution in [3.8, 4) is 0 Å². The van der Waals surface area contributed by atoms with Gasteiger partial charge >= 0.3 is 0 Å². The zero-order valence-corrected chi connectivity index (χ0v) is 10.5. The number of nitrogens with two attached hydrogens (primary N) is 1. The first-order chi connectivity index (χ1) is 8.33. The Kier molecular flexibility index (Phi) is 2.93. The number of nitrogen functional groups attached to an aromatic ring is 1. The van der Waals surface area contributed by atoms with E-state index in [2.05, 4.69) is 10.1 Å². The van der Waals surface area contributed by atoms with E-state index < -0.39 is 0 Å². The third-order valence-electron chi connectivity index (χ3n) is 3.16. The van der Waals surface area contributed by atoms with E-state index in [1.807, 2.05) is 30.1 Å². The predicted molar refractivity (Wildman–Crippen MR) is 71.2 cm³/mol. The van der Waals surface area contributed by atoms with Gasteiger partial charge in [0.05, 0.1) is 5.69 Å². The van der Waals surface area contributed by atoms with Gasteiger partial charge in [-0.15, -0.1) is 0 Å². The van der Waals surface area contributed by atoms with Gasteiger partial charge in [0.1, 0.15) is 0 Å². The number of fused-ring (bicyclic) bond motifs is 1. The van der Waals surface area contributed by atoms with Crippen LogP contribution in [-0.2, 0) is 6.42 Å². The van der Waals surface area contributed by atoms with Crippen LogP contribution in [0.15, 0.2) is 18.3 Å². The number of nitrogens with zero attached hydrogens (tertiary/aromatic N) is 3. The van der Waals surface area contributed by atoms with E-state index in [0.717, 1.165) is 23.8 Å². The van der Waals surface area contributed by atoms with Gasteiger partial charge in [0.15, 0.2) is 11.5 Å². The number of pyridine rings is 1. The molecule has 1 fully saturated rings. The van der Waals surface area contributed by atoms with Crippen LogP contribution in [0.25, 0.3) is 5.65 Å². The van der Waals surface area contributed by atoms with E-state index >= 15 is 0 Å². The van der Waals surface area contributed by atoms with E-state index in [1.54, 1.807) is 4.52 Å². The molecule has 5 heteroatoms. The molecule has 0 amide bonds. The van der Waals surface area contributed by atoms with Gasteiger partial charge in [-0.1, -0.05) is 0 Å². The third-order valence-corrected chi connectivity index (χ3v) is 4.45. The Labute approximate surface area is 105 Å². The summed E-state index contributed by atoms with van der Waals surface area (Å²) in [7, 11) is 0. The standard InChI is InChI=1S/C12H16N4S/c13-10-4-1-5-16-12(10)14-11(15-16)7-9-3-2-6-17-8-9/h1,4-5,9H,2-3,6-8,13H2. The van der Waals surface area contributed by atoms with Crippen molar-refractivity contribution in [1.29, 1.82) is 0 Å². The zero-order chi connectivity index (χ0) is 11.7. The number of hydrogen-bond donors (Lipinski definition) is 1. The van der Waals surface area contributed by atoms with Crippen LogP contribution < -0.4 is 5.73 Å². The monoisotopic (exact) mass is 248 g/mol. The minimum atomic E-state index is 0.698. The Hall–Kier alpha value is -1.23. The van der Waals surface area contributed by atoms with Gasteiger partial charge < -0.3 is 5.73 Å². The minimum Gasteiger partial charge on any atom is -0.396 e. The van der Waals surface area contributed by atoms with Crippen molar-refractivity contribution in [2.45, 2.75) is 19.3 Å². The highest BCUT2D eigenvalue weighted by atomic mass is 32.2. The molecule has 17 heavy (non-hydrogen) atoms. The van der Waals surface area contributed by atoms with E-state index in [1.165, 1.54) is 24.3 Å². The number of hydrogen-bond acceptors (Lipinski definition) is 4. The highest BCUT2D eigenvalue weighted by Crippen LogP contribution is 2.25. The molecule has 0 radical (unpaired) electrons.